The fourth-order valence-corrected chi connectivity index (χ4v) is 1.33. The number of hydrogen-bond donors (Lipinski definition) is 0. The van der Waals surface area contributed by atoms with Crippen LogP contribution in [0.15, 0.2) is 12.2 Å². The van der Waals surface area contributed by atoms with Crippen LogP contribution in [0.5, 0.6) is 0 Å². The van der Waals surface area contributed by atoms with E-state index in [1.165, 1.54) is 0 Å². The minimum atomic E-state index is -0.125. The Morgan fingerprint density at radius 1 is 1.29 bits per heavy atom. The zero-order valence-electron chi connectivity index (χ0n) is 6.17. The highest BCUT2D eigenvalue weighted by atomic mass is 14.3. The first-order valence-electron chi connectivity index (χ1n) is 3.97. The van der Waals surface area contributed by atoms with Gasteiger partial charge in [0, 0.05) is 2.74 Å². The Kier molecular flexibility index (Phi) is 0.374. The van der Waals surface area contributed by atoms with Crippen LogP contribution in [0.2, 0.25) is 0 Å². The van der Waals surface area contributed by atoms with Gasteiger partial charge in [-0.2, -0.15) is 0 Å². The van der Waals surface area contributed by atoms with Gasteiger partial charge < -0.3 is 0 Å². The van der Waals surface area contributed by atoms with Crippen LogP contribution in [0.1, 0.15) is 22.0 Å². The maximum absolute atomic E-state index is 7.49. The van der Waals surface area contributed by atoms with E-state index in [0.717, 1.165) is 6.42 Å². The quantitative estimate of drug-likeness (QED) is 0.404. The molecule has 4 atom stereocenters. The van der Waals surface area contributed by atoms with Crippen molar-refractivity contribution in [1.82, 2.24) is 0 Å². The minimum Gasteiger partial charge on any atom is -0.0851 e. The maximum Gasteiger partial charge on any atom is 0.0273 e. The van der Waals surface area contributed by atoms with Gasteiger partial charge in [-0.15, -0.1) is 0 Å². The number of hydrogen-bond acceptors (Lipinski definition) is 0. The molecule has 0 spiro atoms. The van der Waals surface area contributed by atoms with E-state index >= 15 is 0 Å². The lowest BCUT2D eigenvalue weighted by Gasteiger charge is -1.96. The van der Waals surface area contributed by atoms with E-state index in [9.17, 15) is 0 Å². The van der Waals surface area contributed by atoms with Gasteiger partial charge in [0.25, 0.3) is 0 Å². The van der Waals surface area contributed by atoms with Gasteiger partial charge in [-0.3, -0.25) is 0 Å². The summed E-state index contributed by atoms with van der Waals surface area (Å²) in [6.45, 7) is 0. The van der Waals surface area contributed by atoms with Gasteiger partial charge in [0.15, 0.2) is 0 Å². The van der Waals surface area contributed by atoms with Gasteiger partial charge in [0.1, 0.15) is 0 Å². The summed E-state index contributed by atoms with van der Waals surface area (Å²) >= 11 is 0. The molecular weight excluding hydrogens is 84.1 g/mol. The topological polar surface area (TPSA) is 0 Å². The first kappa shape index (κ1) is 2.34. The first-order chi connectivity index (χ1) is 4.29. The molecule has 0 heterocycles. The molecule has 1 saturated carbocycles. The lowest BCUT2D eigenvalue weighted by molar-refractivity contribution is 0.691. The summed E-state index contributed by atoms with van der Waals surface area (Å²) in [6.07, 6.45) is 5.03. The van der Waals surface area contributed by atoms with E-state index in [-0.39, 0.29) is 12.8 Å². The smallest absolute Gasteiger partial charge is 0.0273 e. The van der Waals surface area contributed by atoms with Crippen LogP contribution < -0.4 is 0 Å². The Labute approximate surface area is 47.0 Å². The van der Waals surface area contributed by atoms with E-state index in [2.05, 4.69) is 12.2 Å². The van der Waals surface area contributed by atoms with Crippen molar-refractivity contribution in [3.63, 3.8) is 0 Å². The zero-order chi connectivity index (χ0) is 6.43. The van der Waals surface area contributed by atoms with Crippen molar-refractivity contribution in [1.29, 1.82) is 0 Å². The SMILES string of the molecule is [2H]C1C2C=CC(C2)C1[2H]. The van der Waals surface area contributed by atoms with Crippen molar-refractivity contribution in [3.05, 3.63) is 12.2 Å². The van der Waals surface area contributed by atoms with Gasteiger partial charge >= 0.3 is 0 Å². The largest absolute Gasteiger partial charge is 0.0851 e. The lowest BCUT2D eigenvalue weighted by atomic mass is 10.1. The summed E-state index contributed by atoms with van der Waals surface area (Å²) in [7, 11) is 0. The molecule has 0 aromatic carbocycles. The molecule has 4 unspecified atom stereocenters. The predicted molar refractivity (Wildman–Crippen MR) is 30.0 cm³/mol. The Hall–Kier alpha value is -0.260. The van der Waals surface area contributed by atoms with E-state index in [1.807, 2.05) is 0 Å². The van der Waals surface area contributed by atoms with E-state index in [4.69, 9.17) is 2.74 Å². The van der Waals surface area contributed by atoms with Crippen molar-refractivity contribution in [3.8, 4) is 0 Å². The average molecular weight is 96.2 g/mol. The fourth-order valence-electron chi connectivity index (χ4n) is 1.33. The molecule has 0 heteroatoms. The average Bonchev–Trinajstić information content (AvgIpc) is 2.37. The van der Waals surface area contributed by atoms with Crippen molar-refractivity contribution in [2.45, 2.75) is 19.2 Å². The van der Waals surface area contributed by atoms with E-state index < -0.39 is 0 Å². The predicted octanol–water partition coefficient (Wildman–Crippen LogP) is 1.97. The van der Waals surface area contributed by atoms with E-state index in [0.29, 0.717) is 11.8 Å². The molecule has 0 saturated heterocycles. The van der Waals surface area contributed by atoms with Gasteiger partial charge in [-0.25, -0.2) is 0 Å². The van der Waals surface area contributed by atoms with Crippen LogP contribution >= 0.6 is 0 Å². The fraction of sp³-hybridized carbons (Fsp3) is 0.714. The summed E-state index contributed by atoms with van der Waals surface area (Å²) in [4.78, 5) is 0. The molecule has 1 fully saturated rings. The highest BCUT2D eigenvalue weighted by Gasteiger charge is 2.25. The molecule has 38 valence electrons. The van der Waals surface area contributed by atoms with Crippen molar-refractivity contribution < 1.29 is 2.74 Å². The summed E-state index contributed by atoms with van der Waals surface area (Å²) < 4.78 is 15.0. The molecule has 0 aromatic heterocycles. The molecule has 0 radical (unpaired) electrons. The Bertz CT molecular complexity index is 137. The number of rotatable bonds is 0. The second kappa shape index (κ2) is 1.12. The summed E-state index contributed by atoms with van der Waals surface area (Å²) in [5.74, 6) is 0.829. The standard InChI is InChI=1S/C7H10/c1-2-7-4-3-6(1)5-7/h1-2,6-7H,3-5H2/i3D,4D. The Morgan fingerprint density at radius 3 is 2.14 bits per heavy atom. The van der Waals surface area contributed by atoms with Crippen LogP contribution in [-0.4, -0.2) is 0 Å². The number of allylic oxidation sites excluding steroid dienone is 2. The third-order valence-corrected chi connectivity index (χ3v) is 1.76. The van der Waals surface area contributed by atoms with Gasteiger partial charge in [0.05, 0.1) is 0 Å². The zero-order valence-corrected chi connectivity index (χ0v) is 4.17. The molecule has 0 amide bonds. The molecule has 0 aliphatic heterocycles. The van der Waals surface area contributed by atoms with Crippen LogP contribution in [0, 0.1) is 11.8 Å². The first-order valence-corrected chi connectivity index (χ1v) is 2.82. The lowest BCUT2D eigenvalue weighted by Crippen LogP contribution is -1.82. The van der Waals surface area contributed by atoms with E-state index in [1.54, 1.807) is 0 Å². The van der Waals surface area contributed by atoms with Crippen LogP contribution in [0.25, 0.3) is 0 Å². The Balaban J connectivity index is 2.26. The molecule has 0 aromatic rings. The Morgan fingerprint density at radius 2 is 1.86 bits per heavy atom. The molecule has 2 aliphatic rings. The molecule has 2 bridgehead atoms. The second-order valence-corrected chi connectivity index (χ2v) is 2.33. The minimum absolute atomic E-state index is 0.125. The monoisotopic (exact) mass is 96.1 g/mol. The van der Waals surface area contributed by atoms with Gasteiger partial charge in [-0.1, -0.05) is 12.2 Å². The molecule has 0 nitrogen and oxygen atoms in total. The molecule has 2 rings (SSSR count). The molecule has 7 heavy (non-hydrogen) atoms. The molecular formula is C7H10. The highest BCUT2D eigenvalue weighted by molar-refractivity contribution is 5.06. The third-order valence-electron chi connectivity index (χ3n) is 1.76. The summed E-state index contributed by atoms with van der Waals surface area (Å²) in [5.41, 5.74) is 0. The third kappa shape index (κ3) is 0.425. The highest BCUT2D eigenvalue weighted by Crippen LogP contribution is 2.38. The molecule has 2 aliphatic carbocycles. The van der Waals surface area contributed by atoms with Crippen molar-refractivity contribution in [2.75, 3.05) is 0 Å². The van der Waals surface area contributed by atoms with Gasteiger partial charge in [-0.05, 0) is 31.1 Å². The summed E-state index contributed by atoms with van der Waals surface area (Å²) in [5, 5.41) is 0. The summed E-state index contributed by atoms with van der Waals surface area (Å²) in [6, 6.07) is 0. The van der Waals surface area contributed by atoms with Gasteiger partial charge in [0.2, 0.25) is 0 Å². The van der Waals surface area contributed by atoms with Crippen LogP contribution in [-0.2, 0) is 0 Å². The second-order valence-electron chi connectivity index (χ2n) is 2.33. The van der Waals surface area contributed by atoms with Crippen LogP contribution in [0.3, 0.4) is 0 Å². The van der Waals surface area contributed by atoms with Crippen LogP contribution in [0.4, 0.5) is 0 Å². The molecule has 0 N–H and O–H groups in total. The number of fused-ring (bicyclic) bond motifs is 2. The maximum atomic E-state index is 7.49. The van der Waals surface area contributed by atoms with Crippen molar-refractivity contribution in [2.24, 2.45) is 11.8 Å². The van der Waals surface area contributed by atoms with Crippen molar-refractivity contribution >= 4 is 0 Å². The normalized spacial score (nSPS) is 70.9.